The van der Waals surface area contributed by atoms with E-state index in [2.05, 4.69) is 5.32 Å². The molecule has 1 saturated carbocycles. The summed E-state index contributed by atoms with van der Waals surface area (Å²) in [5.41, 5.74) is 1.13. The average molecular weight is 307 g/mol. The molecule has 3 rings (SSSR count). The van der Waals surface area contributed by atoms with Gasteiger partial charge in [-0.05, 0) is 37.0 Å². The van der Waals surface area contributed by atoms with E-state index in [-0.39, 0.29) is 23.8 Å². The number of carbonyl (C=O) groups excluding carboxylic acids is 2. The molecule has 0 unspecified atom stereocenters. The van der Waals surface area contributed by atoms with Crippen molar-refractivity contribution in [2.75, 3.05) is 13.1 Å². The number of hydrogen-bond acceptors (Lipinski definition) is 2. The van der Waals surface area contributed by atoms with Crippen molar-refractivity contribution in [1.82, 2.24) is 10.2 Å². The Hall–Kier alpha value is -1.55. The van der Waals surface area contributed by atoms with Crippen LogP contribution in [0.15, 0.2) is 24.3 Å². The van der Waals surface area contributed by atoms with Gasteiger partial charge in [0.25, 0.3) is 0 Å². The van der Waals surface area contributed by atoms with Crippen LogP contribution >= 0.6 is 11.6 Å². The van der Waals surface area contributed by atoms with Crippen LogP contribution in [0.25, 0.3) is 0 Å². The fourth-order valence-electron chi connectivity index (χ4n) is 2.71. The Labute approximate surface area is 129 Å². The number of carbonyl (C=O) groups is 2. The van der Waals surface area contributed by atoms with Gasteiger partial charge < -0.3 is 10.2 Å². The van der Waals surface area contributed by atoms with Crippen LogP contribution in [0.4, 0.5) is 0 Å². The van der Waals surface area contributed by atoms with Crippen molar-refractivity contribution in [2.24, 2.45) is 5.92 Å². The smallest absolute Gasteiger partial charge is 0.224 e. The van der Waals surface area contributed by atoms with Crippen molar-refractivity contribution >= 4 is 23.4 Å². The van der Waals surface area contributed by atoms with Gasteiger partial charge in [0.15, 0.2) is 0 Å². The van der Waals surface area contributed by atoms with E-state index in [0.717, 1.165) is 29.8 Å². The maximum atomic E-state index is 12.0. The quantitative estimate of drug-likeness (QED) is 0.904. The molecule has 1 aliphatic heterocycles. The normalized spacial score (nSPS) is 21.7. The predicted molar refractivity (Wildman–Crippen MR) is 81.0 cm³/mol. The monoisotopic (exact) mass is 306 g/mol. The summed E-state index contributed by atoms with van der Waals surface area (Å²) in [5, 5.41) is 3.70. The first-order valence-corrected chi connectivity index (χ1v) is 7.82. The summed E-state index contributed by atoms with van der Waals surface area (Å²) in [6.45, 7) is 1.30. The molecule has 112 valence electrons. The van der Waals surface area contributed by atoms with Crippen molar-refractivity contribution < 1.29 is 9.59 Å². The zero-order chi connectivity index (χ0) is 14.8. The SMILES string of the molecule is O=C(N[C@H]1CC(=O)N(CCc2cccc(Cl)c2)C1)C1CC1. The van der Waals surface area contributed by atoms with Gasteiger partial charge >= 0.3 is 0 Å². The maximum Gasteiger partial charge on any atom is 0.224 e. The molecule has 1 N–H and O–H groups in total. The first-order chi connectivity index (χ1) is 10.1. The van der Waals surface area contributed by atoms with Gasteiger partial charge in [-0.2, -0.15) is 0 Å². The summed E-state index contributed by atoms with van der Waals surface area (Å²) in [4.78, 5) is 25.6. The van der Waals surface area contributed by atoms with Crippen LogP contribution in [0.2, 0.25) is 5.02 Å². The van der Waals surface area contributed by atoms with Gasteiger partial charge in [-0.15, -0.1) is 0 Å². The standard InChI is InChI=1S/C16H19ClN2O2/c17-13-3-1-2-11(8-13)6-7-19-10-14(9-15(19)20)18-16(21)12-4-5-12/h1-3,8,12,14H,4-7,9-10H2,(H,18,21)/t14-/m0/s1. The fraction of sp³-hybridized carbons (Fsp3) is 0.500. The highest BCUT2D eigenvalue weighted by atomic mass is 35.5. The average Bonchev–Trinajstić information content (AvgIpc) is 3.23. The molecule has 5 heteroatoms. The molecule has 0 spiro atoms. The zero-order valence-corrected chi connectivity index (χ0v) is 12.6. The molecule has 1 aromatic carbocycles. The Kier molecular flexibility index (Phi) is 4.15. The highest BCUT2D eigenvalue weighted by Crippen LogP contribution is 2.29. The van der Waals surface area contributed by atoms with Crippen LogP contribution in [-0.4, -0.2) is 35.8 Å². The van der Waals surface area contributed by atoms with E-state index in [0.29, 0.717) is 19.5 Å². The Morgan fingerprint density at radius 3 is 2.90 bits per heavy atom. The van der Waals surface area contributed by atoms with Crippen molar-refractivity contribution in [1.29, 1.82) is 0 Å². The van der Waals surface area contributed by atoms with Crippen LogP contribution < -0.4 is 5.32 Å². The Balaban J connectivity index is 1.49. The molecule has 1 heterocycles. The van der Waals surface area contributed by atoms with E-state index < -0.39 is 0 Å². The molecule has 1 aromatic rings. The number of rotatable bonds is 5. The van der Waals surface area contributed by atoms with E-state index in [4.69, 9.17) is 11.6 Å². The number of nitrogens with zero attached hydrogens (tertiary/aromatic N) is 1. The molecule has 0 aromatic heterocycles. The predicted octanol–water partition coefficient (Wildman–Crippen LogP) is 2.01. The minimum absolute atomic E-state index is 0.0232. The van der Waals surface area contributed by atoms with Gasteiger partial charge in [0.05, 0.1) is 6.04 Å². The molecule has 2 amide bonds. The molecule has 1 aliphatic carbocycles. The Morgan fingerprint density at radius 1 is 1.38 bits per heavy atom. The molecule has 0 bridgehead atoms. The maximum absolute atomic E-state index is 12.0. The second kappa shape index (κ2) is 6.06. The number of nitrogens with one attached hydrogen (secondary N) is 1. The van der Waals surface area contributed by atoms with E-state index in [1.165, 1.54) is 0 Å². The van der Waals surface area contributed by atoms with E-state index >= 15 is 0 Å². The number of halogens is 1. The van der Waals surface area contributed by atoms with Crippen molar-refractivity contribution in [3.8, 4) is 0 Å². The molecule has 2 fully saturated rings. The van der Waals surface area contributed by atoms with Gasteiger partial charge in [0.1, 0.15) is 0 Å². The summed E-state index contributed by atoms with van der Waals surface area (Å²) in [6.07, 6.45) is 3.19. The van der Waals surface area contributed by atoms with Gasteiger partial charge in [0.2, 0.25) is 11.8 Å². The third kappa shape index (κ3) is 3.76. The number of likely N-dealkylation sites (tertiary alicyclic amines) is 1. The van der Waals surface area contributed by atoms with E-state index in [1.54, 1.807) is 0 Å². The first kappa shape index (κ1) is 14.4. The summed E-state index contributed by atoms with van der Waals surface area (Å²) in [7, 11) is 0. The van der Waals surface area contributed by atoms with Gasteiger partial charge in [0, 0.05) is 30.5 Å². The summed E-state index contributed by atoms with van der Waals surface area (Å²) in [6, 6.07) is 7.68. The summed E-state index contributed by atoms with van der Waals surface area (Å²) >= 11 is 5.96. The molecule has 1 saturated heterocycles. The van der Waals surface area contributed by atoms with Crippen LogP contribution in [-0.2, 0) is 16.0 Å². The second-order valence-corrected chi connectivity index (χ2v) is 6.34. The largest absolute Gasteiger partial charge is 0.351 e. The second-order valence-electron chi connectivity index (χ2n) is 5.90. The van der Waals surface area contributed by atoms with Crippen LogP contribution in [0, 0.1) is 5.92 Å². The minimum atomic E-state index is -0.0232. The third-order valence-electron chi connectivity index (χ3n) is 4.07. The molecular formula is C16H19ClN2O2. The van der Waals surface area contributed by atoms with Gasteiger partial charge in [-0.25, -0.2) is 0 Å². The highest BCUT2D eigenvalue weighted by Gasteiger charge is 2.35. The Bertz CT molecular complexity index is 557. The molecule has 0 radical (unpaired) electrons. The summed E-state index contributed by atoms with van der Waals surface area (Å²) < 4.78 is 0. The molecule has 4 nitrogen and oxygen atoms in total. The van der Waals surface area contributed by atoms with Crippen LogP contribution in [0.5, 0.6) is 0 Å². The van der Waals surface area contributed by atoms with Gasteiger partial charge in [-0.1, -0.05) is 23.7 Å². The van der Waals surface area contributed by atoms with Crippen molar-refractivity contribution in [3.05, 3.63) is 34.9 Å². The van der Waals surface area contributed by atoms with E-state index in [9.17, 15) is 9.59 Å². The van der Waals surface area contributed by atoms with Crippen molar-refractivity contribution in [3.63, 3.8) is 0 Å². The lowest BCUT2D eigenvalue weighted by molar-refractivity contribution is -0.127. The highest BCUT2D eigenvalue weighted by molar-refractivity contribution is 6.30. The fourth-order valence-corrected chi connectivity index (χ4v) is 2.92. The van der Waals surface area contributed by atoms with Gasteiger partial charge in [-0.3, -0.25) is 9.59 Å². The van der Waals surface area contributed by atoms with Crippen molar-refractivity contribution in [2.45, 2.75) is 31.7 Å². The van der Waals surface area contributed by atoms with Crippen LogP contribution in [0.3, 0.4) is 0 Å². The topological polar surface area (TPSA) is 49.4 Å². The van der Waals surface area contributed by atoms with Crippen LogP contribution in [0.1, 0.15) is 24.8 Å². The number of amides is 2. The zero-order valence-electron chi connectivity index (χ0n) is 11.8. The first-order valence-electron chi connectivity index (χ1n) is 7.44. The number of hydrogen-bond donors (Lipinski definition) is 1. The lowest BCUT2D eigenvalue weighted by Gasteiger charge is -2.17. The van der Waals surface area contributed by atoms with E-state index in [1.807, 2.05) is 29.2 Å². The Morgan fingerprint density at radius 2 is 2.19 bits per heavy atom. The number of benzene rings is 1. The molecular weight excluding hydrogens is 288 g/mol. The third-order valence-corrected chi connectivity index (χ3v) is 4.30. The lowest BCUT2D eigenvalue weighted by atomic mass is 10.1. The molecule has 1 atom stereocenters. The summed E-state index contributed by atoms with van der Waals surface area (Å²) in [5.74, 6) is 0.434. The molecule has 21 heavy (non-hydrogen) atoms. The molecule has 2 aliphatic rings. The minimum Gasteiger partial charge on any atom is -0.351 e. The lowest BCUT2D eigenvalue weighted by Crippen LogP contribution is -2.38.